The molecule has 0 bridgehead atoms. The topological polar surface area (TPSA) is 56.3 Å². The number of H-pyrrole nitrogens is 1. The predicted molar refractivity (Wildman–Crippen MR) is 83.0 cm³/mol. The van der Waals surface area contributed by atoms with Crippen LogP contribution >= 0.6 is 0 Å². The van der Waals surface area contributed by atoms with Crippen molar-refractivity contribution in [3.05, 3.63) is 36.0 Å². The molecule has 1 saturated heterocycles. The summed E-state index contributed by atoms with van der Waals surface area (Å²) < 4.78 is 0. The summed E-state index contributed by atoms with van der Waals surface area (Å²) in [4.78, 5) is 17.3. The van der Waals surface area contributed by atoms with Crippen molar-refractivity contribution in [2.45, 2.75) is 32.3 Å². The predicted octanol–water partition coefficient (Wildman–Crippen LogP) is 2.33. The fourth-order valence-electron chi connectivity index (χ4n) is 3.08. The highest BCUT2D eigenvalue weighted by Gasteiger charge is 2.28. The van der Waals surface area contributed by atoms with Crippen molar-refractivity contribution in [1.29, 1.82) is 0 Å². The van der Waals surface area contributed by atoms with E-state index in [1.807, 2.05) is 24.1 Å². The molecule has 1 amide bonds. The second-order valence-corrected chi connectivity index (χ2v) is 6.03. The van der Waals surface area contributed by atoms with Gasteiger partial charge in [0.15, 0.2) is 0 Å². The highest BCUT2D eigenvalue weighted by molar-refractivity contribution is 5.80. The number of hydrogen-bond acceptors (Lipinski definition) is 2. The standard InChI is InChI=1S/C17H22N2O2/c1-12(20)15-7-9-19(11-15)17(21)5-3-13-2-4-16-14(10-13)6-8-18-16/h2,4,6,8,10,12,15,18,20H,3,5,7,9,11H2,1H3. The number of aryl methyl sites for hydroxylation is 1. The van der Waals surface area contributed by atoms with E-state index in [9.17, 15) is 9.90 Å². The minimum Gasteiger partial charge on any atom is -0.393 e. The van der Waals surface area contributed by atoms with E-state index in [2.05, 4.69) is 23.2 Å². The average molecular weight is 286 g/mol. The molecule has 0 spiro atoms. The largest absolute Gasteiger partial charge is 0.393 e. The second-order valence-electron chi connectivity index (χ2n) is 6.03. The van der Waals surface area contributed by atoms with E-state index >= 15 is 0 Å². The van der Waals surface area contributed by atoms with Gasteiger partial charge < -0.3 is 15.0 Å². The summed E-state index contributed by atoms with van der Waals surface area (Å²) in [6.45, 7) is 3.29. The highest BCUT2D eigenvalue weighted by Crippen LogP contribution is 2.21. The zero-order valence-electron chi connectivity index (χ0n) is 12.4. The van der Waals surface area contributed by atoms with Gasteiger partial charge in [-0.1, -0.05) is 6.07 Å². The van der Waals surface area contributed by atoms with Gasteiger partial charge in [-0.05, 0) is 48.9 Å². The van der Waals surface area contributed by atoms with Crippen LogP contribution in [0.1, 0.15) is 25.3 Å². The van der Waals surface area contributed by atoms with Crippen LogP contribution in [0.3, 0.4) is 0 Å². The molecule has 1 aromatic heterocycles. The fraction of sp³-hybridized carbons (Fsp3) is 0.471. The molecule has 1 aliphatic rings. The smallest absolute Gasteiger partial charge is 0.222 e. The molecule has 112 valence electrons. The van der Waals surface area contributed by atoms with E-state index in [1.54, 1.807) is 0 Å². The highest BCUT2D eigenvalue weighted by atomic mass is 16.3. The van der Waals surface area contributed by atoms with Gasteiger partial charge >= 0.3 is 0 Å². The van der Waals surface area contributed by atoms with Crippen LogP contribution in [0.2, 0.25) is 0 Å². The van der Waals surface area contributed by atoms with Gasteiger partial charge in [0.2, 0.25) is 5.91 Å². The number of likely N-dealkylation sites (tertiary alicyclic amines) is 1. The van der Waals surface area contributed by atoms with Crippen molar-refractivity contribution < 1.29 is 9.90 Å². The number of rotatable bonds is 4. The quantitative estimate of drug-likeness (QED) is 0.906. The molecule has 0 radical (unpaired) electrons. The summed E-state index contributed by atoms with van der Waals surface area (Å²) in [5.41, 5.74) is 2.33. The lowest BCUT2D eigenvalue weighted by atomic mass is 10.0. The summed E-state index contributed by atoms with van der Waals surface area (Å²) in [6.07, 6.45) is 3.84. The molecule has 0 aliphatic carbocycles. The van der Waals surface area contributed by atoms with Crippen molar-refractivity contribution in [3.63, 3.8) is 0 Å². The Kier molecular flexibility index (Phi) is 3.97. The number of amides is 1. The molecule has 1 aliphatic heterocycles. The van der Waals surface area contributed by atoms with E-state index in [0.29, 0.717) is 13.0 Å². The summed E-state index contributed by atoms with van der Waals surface area (Å²) >= 11 is 0. The van der Waals surface area contributed by atoms with Gasteiger partial charge in [0, 0.05) is 37.1 Å². The molecular weight excluding hydrogens is 264 g/mol. The van der Waals surface area contributed by atoms with Crippen LogP contribution in [0.5, 0.6) is 0 Å². The van der Waals surface area contributed by atoms with Crippen LogP contribution in [-0.4, -0.2) is 40.1 Å². The molecule has 3 rings (SSSR count). The molecule has 0 saturated carbocycles. The molecule has 21 heavy (non-hydrogen) atoms. The molecule has 4 heteroatoms. The summed E-state index contributed by atoms with van der Waals surface area (Å²) in [6, 6.07) is 8.33. The number of aliphatic hydroxyl groups excluding tert-OH is 1. The first-order valence-electron chi connectivity index (χ1n) is 7.65. The SMILES string of the molecule is CC(O)C1CCN(C(=O)CCc2ccc3[nH]ccc3c2)C1. The van der Waals surface area contributed by atoms with Gasteiger partial charge in [0.05, 0.1) is 6.10 Å². The maximum atomic E-state index is 12.2. The molecule has 2 aromatic rings. The summed E-state index contributed by atoms with van der Waals surface area (Å²) in [5, 5.41) is 10.8. The zero-order chi connectivity index (χ0) is 14.8. The van der Waals surface area contributed by atoms with Crippen LogP contribution < -0.4 is 0 Å². The third-order valence-electron chi connectivity index (χ3n) is 4.50. The molecular formula is C17H22N2O2. The Hall–Kier alpha value is -1.81. The van der Waals surface area contributed by atoms with Crippen LogP contribution in [-0.2, 0) is 11.2 Å². The maximum absolute atomic E-state index is 12.2. The number of hydrogen-bond donors (Lipinski definition) is 2. The molecule has 2 atom stereocenters. The lowest BCUT2D eigenvalue weighted by molar-refractivity contribution is -0.130. The van der Waals surface area contributed by atoms with Crippen LogP contribution in [0, 0.1) is 5.92 Å². The number of aromatic amines is 1. The Bertz CT molecular complexity index is 633. The minimum atomic E-state index is -0.321. The number of aromatic nitrogens is 1. The number of carbonyl (C=O) groups excluding carboxylic acids is 1. The summed E-state index contributed by atoms with van der Waals surface area (Å²) in [7, 11) is 0. The van der Waals surface area contributed by atoms with Gasteiger partial charge in [-0.25, -0.2) is 0 Å². The number of nitrogens with one attached hydrogen (secondary N) is 1. The molecule has 2 heterocycles. The van der Waals surface area contributed by atoms with Crippen LogP contribution in [0.25, 0.3) is 10.9 Å². The fourth-order valence-corrected chi connectivity index (χ4v) is 3.08. The van der Waals surface area contributed by atoms with Gasteiger partial charge in [0.25, 0.3) is 0 Å². The molecule has 1 fully saturated rings. The van der Waals surface area contributed by atoms with Crippen LogP contribution in [0.4, 0.5) is 0 Å². The zero-order valence-corrected chi connectivity index (χ0v) is 12.4. The van der Waals surface area contributed by atoms with Gasteiger partial charge in [-0.3, -0.25) is 4.79 Å². The van der Waals surface area contributed by atoms with E-state index in [4.69, 9.17) is 0 Å². The average Bonchev–Trinajstić information content (AvgIpc) is 3.12. The number of benzene rings is 1. The lowest BCUT2D eigenvalue weighted by Crippen LogP contribution is -2.30. The van der Waals surface area contributed by atoms with Gasteiger partial charge in [0.1, 0.15) is 0 Å². The first-order valence-corrected chi connectivity index (χ1v) is 7.65. The molecule has 4 nitrogen and oxygen atoms in total. The first-order chi connectivity index (χ1) is 10.1. The Balaban J connectivity index is 1.56. The summed E-state index contributed by atoms with van der Waals surface area (Å²) in [5.74, 6) is 0.442. The Morgan fingerprint density at radius 1 is 1.48 bits per heavy atom. The molecule has 2 unspecified atom stereocenters. The van der Waals surface area contributed by atoms with Crippen molar-refractivity contribution in [1.82, 2.24) is 9.88 Å². The number of carbonyl (C=O) groups is 1. The minimum absolute atomic E-state index is 0.201. The van der Waals surface area contributed by atoms with Crippen molar-refractivity contribution in [2.75, 3.05) is 13.1 Å². The van der Waals surface area contributed by atoms with E-state index in [1.165, 1.54) is 10.9 Å². The Morgan fingerprint density at radius 2 is 2.33 bits per heavy atom. The van der Waals surface area contributed by atoms with E-state index in [0.717, 1.165) is 24.9 Å². The van der Waals surface area contributed by atoms with E-state index in [-0.39, 0.29) is 17.9 Å². The second kappa shape index (κ2) is 5.90. The van der Waals surface area contributed by atoms with Crippen LogP contribution in [0.15, 0.2) is 30.5 Å². The Labute approximate surface area is 124 Å². The van der Waals surface area contributed by atoms with Gasteiger partial charge in [-0.15, -0.1) is 0 Å². The number of nitrogens with zero attached hydrogens (tertiary/aromatic N) is 1. The maximum Gasteiger partial charge on any atom is 0.222 e. The Morgan fingerprint density at radius 3 is 3.10 bits per heavy atom. The monoisotopic (exact) mass is 286 g/mol. The van der Waals surface area contributed by atoms with Crippen molar-refractivity contribution >= 4 is 16.8 Å². The molecule has 2 N–H and O–H groups in total. The van der Waals surface area contributed by atoms with Gasteiger partial charge in [-0.2, -0.15) is 0 Å². The molecule has 1 aromatic carbocycles. The normalized spacial score (nSPS) is 20.1. The number of aliphatic hydroxyl groups is 1. The number of fused-ring (bicyclic) bond motifs is 1. The van der Waals surface area contributed by atoms with Crippen molar-refractivity contribution in [3.8, 4) is 0 Å². The third-order valence-corrected chi connectivity index (χ3v) is 4.50. The van der Waals surface area contributed by atoms with Crippen molar-refractivity contribution in [2.24, 2.45) is 5.92 Å². The first kappa shape index (κ1) is 14.1. The van der Waals surface area contributed by atoms with E-state index < -0.39 is 0 Å². The third kappa shape index (κ3) is 3.10. The lowest BCUT2D eigenvalue weighted by Gasteiger charge is -2.17.